The standard InChI is InChI=1S/C17H32N2O2/c1-5-21-14-11-17(18,16(14,3)4)15(20)19-12(2)13-9-7-6-8-10-13/h12-14H,5-11,18H2,1-4H3,(H,19,20)/t12-,14?,17?/m1/s1. The van der Waals surface area contributed by atoms with Gasteiger partial charge in [0.25, 0.3) is 0 Å². The molecule has 2 unspecified atom stereocenters. The van der Waals surface area contributed by atoms with E-state index in [1.165, 1.54) is 32.1 Å². The number of rotatable bonds is 5. The van der Waals surface area contributed by atoms with Gasteiger partial charge in [-0.3, -0.25) is 4.79 Å². The zero-order valence-electron chi connectivity index (χ0n) is 14.1. The number of amides is 1. The lowest BCUT2D eigenvalue weighted by Gasteiger charge is -2.57. The van der Waals surface area contributed by atoms with Crippen LogP contribution in [0.1, 0.15) is 66.2 Å². The number of nitrogens with two attached hydrogens (primary N) is 1. The minimum atomic E-state index is -0.796. The van der Waals surface area contributed by atoms with Crippen LogP contribution < -0.4 is 11.1 Å². The third-order valence-electron chi connectivity index (χ3n) is 5.95. The summed E-state index contributed by atoms with van der Waals surface area (Å²) in [6, 6.07) is 0.222. The first kappa shape index (κ1) is 16.8. The molecule has 0 heterocycles. The lowest BCUT2D eigenvalue weighted by Crippen LogP contribution is -2.76. The van der Waals surface area contributed by atoms with Crippen molar-refractivity contribution in [2.24, 2.45) is 17.1 Å². The molecule has 0 bridgehead atoms. The van der Waals surface area contributed by atoms with E-state index in [-0.39, 0.29) is 23.5 Å². The van der Waals surface area contributed by atoms with E-state index in [1.54, 1.807) is 0 Å². The third kappa shape index (κ3) is 2.98. The molecule has 0 radical (unpaired) electrons. The summed E-state index contributed by atoms with van der Waals surface area (Å²) in [6.07, 6.45) is 7.07. The van der Waals surface area contributed by atoms with Crippen LogP contribution in [0.4, 0.5) is 0 Å². The minimum absolute atomic E-state index is 0.00141. The molecular weight excluding hydrogens is 264 g/mol. The second-order valence-electron chi connectivity index (χ2n) is 7.50. The summed E-state index contributed by atoms with van der Waals surface area (Å²) in [5, 5.41) is 3.19. The van der Waals surface area contributed by atoms with Gasteiger partial charge in [-0.2, -0.15) is 0 Å². The first-order chi connectivity index (χ1) is 9.83. The van der Waals surface area contributed by atoms with E-state index in [0.717, 1.165) is 0 Å². The number of hydrogen-bond acceptors (Lipinski definition) is 3. The van der Waals surface area contributed by atoms with Crippen molar-refractivity contribution in [3.05, 3.63) is 0 Å². The van der Waals surface area contributed by atoms with Crippen LogP contribution in [-0.4, -0.2) is 30.2 Å². The summed E-state index contributed by atoms with van der Waals surface area (Å²) in [4.78, 5) is 12.7. The number of hydrogen-bond donors (Lipinski definition) is 2. The highest BCUT2D eigenvalue weighted by atomic mass is 16.5. The van der Waals surface area contributed by atoms with Crippen LogP contribution in [0.2, 0.25) is 0 Å². The monoisotopic (exact) mass is 296 g/mol. The molecule has 21 heavy (non-hydrogen) atoms. The fourth-order valence-electron chi connectivity index (χ4n) is 3.91. The van der Waals surface area contributed by atoms with Gasteiger partial charge in [0.15, 0.2) is 0 Å². The van der Waals surface area contributed by atoms with Gasteiger partial charge in [0.05, 0.1) is 6.10 Å². The highest BCUT2D eigenvalue weighted by Gasteiger charge is 2.63. The molecule has 3 N–H and O–H groups in total. The van der Waals surface area contributed by atoms with Gasteiger partial charge < -0.3 is 15.8 Å². The van der Waals surface area contributed by atoms with Crippen LogP contribution in [0.25, 0.3) is 0 Å². The maximum Gasteiger partial charge on any atom is 0.241 e. The molecule has 0 saturated heterocycles. The molecule has 0 aromatic heterocycles. The van der Waals surface area contributed by atoms with Crippen LogP contribution in [-0.2, 0) is 9.53 Å². The van der Waals surface area contributed by atoms with Crippen LogP contribution >= 0.6 is 0 Å². The molecule has 122 valence electrons. The van der Waals surface area contributed by atoms with Crippen molar-refractivity contribution < 1.29 is 9.53 Å². The van der Waals surface area contributed by atoms with Crippen molar-refractivity contribution in [1.29, 1.82) is 0 Å². The van der Waals surface area contributed by atoms with Crippen molar-refractivity contribution in [3.8, 4) is 0 Å². The second kappa shape index (κ2) is 6.25. The first-order valence-electron chi connectivity index (χ1n) is 8.54. The maximum atomic E-state index is 12.7. The lowest BCUT2D eigenvalue weighted by atomic mass is 9.54. The molecule has 0 aliphatic heterocycles. The van der Waals surface area contributed by atoms with E-state index in [0.29, 0.717) is 18.9 Å². The highest BCUT2D eigenvalue weighted by Crippen LogP contribution is 2.50. The molecular formula is C17H32N2O2. The van der Waals surface area contributed by atoms with Gasteiger partial charge in [-0.15, -0.1) is 0 Å². The largest absolute Gasteiger partial charge is 0.378 e. The summed E-state index contributed by atoms with van der Waals surface area (Å²) in [5.41, 5.74) is 5.33. The molecule has 3 atom stereocenters. The van der Waals surface area contributed by atoms with Crippen LogP contribution in [0.3, 0.4) is 0 Å². The number of carbonyl (C=O) groups excluding carboxylic acids is 1. The van der Waals surface area contributed by atoms with Crippen molar-refractivity contribution in [3.63, 3.8) is 0 Å². The van der Waals surface area contributed by atoms with Crippen molar-refractivity contribution in [1.82, 2.24) is 5.32 Å². The van der Waals surface area contributed by atoms with Gasteiger partial charge in [0.1, 0.15) is 5.54 Å². The van der Waals surface area contributed by atoms with Crippen LogP contribution in [0.15, 0.2) is 0 Å². The molecule has 2 aliphatic carbocycles. The highest BCUT2D eigenvalue weighted by molar-refractivity contribution is 5.89. The quantitative estimate of drug-likeness (QED) is 0.819. The molecule has 1 amide bonds. The van der Waals surface area contributed by atoms with E-state index in [9.17, 15) is 4.79 Å². The van der Waals surface area contributed by atoms with Gasteiger partial charge in [-0.25, -0.2) is 0 Å². The Hall–Kier alpha value is -0.610. The van der Waals surface area contributed by atoms with Gasteiger partial charge >= 0.3 is 0 Å². The summed E-state index contributed by atoms with van der Waals surface area (Å²) < 4.78 is 5.70. The number of carbonyl (C=O) groups is 1. The Balaban J connectivity index is 1.93. The summed E-state index contributed by atoms with van der Waals surface area (Å²) in [7, 11) is 0. The Morgan fingerprint density at radius 1 is 1.33 bits per heavy atom. The molecule has 0 aromatic carbocycles. The lowest BCUT2D eigenvalue weighted by molar-refractivity contribution is -0.171. The van der Waals surface area contributed by atoms with E-state index in [4.69, 9.17) is 10.5 Å². The molecule has 2 aliphatic rings. The molecule has 0 spiro atoms. The average molecular weight is 296 g/mol. The third-order valence-corrected chi connectivity index (χ3v) is 5.95. The number of nitrogens with one attached hydrogen (secondary N) is 1. The molecule has 4 heteroatoms. The van der Waals surface area contributed by atoms with Gasteiger partial charge in [0, 0.05) is 24.5 Å². The predicted molar refractivity (Wildman–Crippen MR) is 84.9 cm³/mol. The fourth-order valence-corrected chi connectivity index (χ4v) is 3.91. The minimum Gasteiger partial charge on any atom is -0.378 e. The van der Waals surface area contributed by atoms with E-state index in [2.05, 4.69) is 12.2 Å². The molecule has 2 fully saturated rings. The van der Waals surface area contributed by atoms with E-state index >= 15 is 0 Å². The normalized spacial score (nSPS) is 34.0. The predicted octanol–water partition coefficient (Wildman–Crippen LogP) is 2.60. The molecule has 4 nitrogen and oxygen atoms in total. The zero-order chi connectivity index (χ0) is 15.7. The van der Waals surface area contributed by atoms with E-state index in [1.807, 2.05) is 20.8 Å². The molecule has 2 rings (SSSR count). The van der Waals surface area contributed by atoms with E-state index < -0.39 is 5.54 Å². The average Bonchev–Trinajstić information content (AvgIpc) is 2.47. The first-order valence-corrected chi connectivity index (χ1v) is 8.54. The van der Waals surface area contributed by atoms with Crippen molar-refractivity contribution >= 4 is 5.91 Å². The maximum absolute atomic E-state index is 12.7. The smallest absolute Gasteiger partial charge is 0.241 e. The Morgan fingerprint density at radius 3 is 2.48 bits per heavy atom. The Kier molecular flexibility index (Phi) is 4.99. The summed E-state index contributed by atoms with van der Waals surface area (Å²) in [5.74, 6) is 0.610. The van der Waals surface area contributed by atoms with Crippen LogP contribution in [0, 0.1) is 11.3 Å². The Morgan fingerprint density at radius 2 is 1.95 bits per heavy atom. The Bertz CT molecular complexity index is 377. The fraction of sp³-hybridized carbons (Fsp3) is 0.941. The SMILES string of the molecule is CCOC1CC(N)(C(=O)N[C@H](C)C2CCCCC2)C1(C)C. The topological polar surface area (TPSA) is 64.3 Å². The summed E-state index contributed by atoms with van der Waals surface area (Å²) >= 11 is 0. The van der Waals surface area contributed by atoms with Gasteiger partial charge in [0.2, 0.25) is 5.91 Å². The van der Waals surface area contributed by atoms with Gasteiger partial charge in [-0.1, -0.05) is 33.1 Å². The zero-order valence-corrected chi connectivity index (χ0v) is 14.1. The summed E-state index contributed by atoms with van der Waals surface area (Å²) in [6.45, 7) is 8.87. The van der Waals surface area contributed by atoms with Crippen LogP contribution in [0.5, 0.6) is 0 Å². The van der Waals surface area contributed by atoms with Gasteiger partial charge in [-0.05, 0) is 32.6 Å². The van der Waals surface area contributed by atoms with Crippen molar-refractivity contribution in [2.45, 2.75) is 83.9 Å². The second-order valence-corrected chi connectivity index (χ2v) is 7.50. The van der Waals surface area contributed by atoms with Crippen molar-refractivity contribution in [2.75, 3.05) is 6.61 Å². The number of ether oxygens (including phenoxy) is 1. The molecule has 2 saturated carbocycles. The molecule has 0 aromatic rings. The Labute approximate surface area is 129 Å².